The lowest BCUT2D eigenvalue weighted by atomic mass is 10.2. The number of morpholine rings is 1. The van der Waals surface area contributed by atoms with Crippen LogP contribution >= 0.6 is 0 Å². The molecule has 0 atom stereocenters. The number of ether oxygens (including phenoxy) is 1. The van der Waals surface area contributed by atoms with Crippen LogP contribution in [0.5, 0.6) is 0 Å². The molecule has 0 unspecified atom stereocenters. The standard InChI is InChI=1S/C14H19FN2O2/c1-16(6-7-17-8-10-19-11-9-17)14(18)12-2-4-13(15)5-3-12/h2-5H,6-11H2,1H3. The Morgan fingerprint density at radius 3 is 2.58 bits per heavy atom. The normalized spacial score (nSPS) is 16.3. The third kappa shape index (κ3) is 4.01. The summed E-state index contributed by atoms with van der Waals surface area (Å²) in [5.41, 5.74) is 0.519. The maximum Gasteiger partial charge on any atom is 0.253 e. The first-order chi connectivity index (χ1) is 9.16. The van der Waals surface area contributed by atoms with E-state index in [1.807, 2.05) is 0 Å². The molecule has 19 heavy (non-hydrogen) atoms. The lowest BCUT2D eigenvalue weighted by Gasteiger charge is -2.28. The van der Waals surface area contributed by atoms with Crippen molar-refractivity contribution in [1.29, 1.82) is 0 Å². The highest BCUT2D eigenvalue weighted by atomic mass is 19.1. The molecule has 0 bridgehead atoms. The summed E-state index contributed by atoms with van der Waals surface area (Å²) in [6.07, 6.45) is 0. The summed E-state index contributed by atoms with van der Waals surface area (Å²) in [7, 11) is 1.77. The molecule has 4 nitrogen and oxygen atoms in total. The molecule has 2 rings (SSSR count). The molecule has 1 saturated heterocycles. The molecule has 0 saturated carbocycles. The summed E-state index contributed by atoms with van der Waals surface area (Å²) in [4.78, 5) is 16.0. The molecule has 104 valence electrons. The molecule has 5 heteroatoms. The Bertz CT molecular complexity index is 416. The second-order valence-corrected chi connectivity index (χ2v) is 4.69. The van der Waals surface area contributed by atoms with Gasteiger partial charge in [0.15, 0.2) is 0 Å². The predicted octanol–water partition coefficient (Wildman–Crippen LogP) is 1.23. The molecule has 1 aromatic rings. The summed E-state index contributed by atoms with van der Waals surface area (Å²) in [5, 5.41) is 0. The number of carbonyl (C=O) groups excluding carboxylic acids is 1. The van der Waals surface area contributed by atoms with E-state index in [0.717, 1.165) is 32.8 Å². The first-order valence-corrected chi connectivity index (χ1v) is 6.48. The number of hydrogen-bond donors (Lipinski definition) is 0. The zero-order valence-corrected chi connectivity index (χ0v) is 11.1. The summed E-state index contributed by atoms with van der Waals surface area (Å²) < 4.78 is 18.1. The second-order valence-electron chi connectivity index (χ2n) is 4.69. The topological polar surface area (TPSA) is 32.8 Å². The van der Waals surface area contributed by atoms with E-state index in [1.165, 1.54) is 24.3 Å². The minimum absolute atomic E-state index is 0.0757. The van der Waals surface area contributed by atoms with Crippen LogP contribution < -0.4 is 0 Å². The Morgan fingerprint density at radius 1 is 1.32 bits per heavy atom. The van der Waals surface area contributed by atoms with Gasteiger partial charge in [0.2, 0.25) is 0 Å². The Balaban J connectivity index is 1.83. The summed E-state index contributed by atoms with van der Waals surface area (Å²) in [6, 6.07) is 5.65. The summed E-state index contributed by atoms with van der Waals surface area (Å²) in [6.45, 7) is 4.85. The van der Waals surface area contributed by atoms with Gasteiger partial charge < -0.3 is 9.64 Å². The average Bonchev–Trinajstić information content (AvgIpc) is 2.46. The quantitative estimate of drug-likeness (QED) is 0.821. The molecule has 0 radical (unpaired) electrons. The van der Waals surface area contributed by atoms with Crippen molar-refractivity contribution in [3.05, 3.63) is 35.6 Å². The van der Waals surface area contributed by atoms with Gasteiger partial charge in [-0.25, -0.2) is 4.39 Å². The fraction of sp³-hybridized carbons (Fsp3) is 0.500. The smallest absolute Gasteiger partial charge is 0.253 e. The van der Waals surface area contributed by atoms with Gasteiger partial charge in [-0.15, -0.1) is 0 Å². The van der Waals surface area contributed by atoms with Crippen molar-refractivity contribution < 1.29 is 13.9 Å². The SMILES string of the molecule is CN(CCN1CCOCC1)C(=O)c1ccc(F)cc1. The third-order valence-corrected chi connectivity index (χ3v) is 3.29. The molecule has 0 spiro atoms. The lowest BCUT2D eigenvalue weighted by Crippen LogP contribution is -2.41. The predicted molar refractivity (Wildman–Crippen MR) is 70.6 cm³/mol. The van der Waals surface area contributed by atoms with Crippen LogP contribution in [0.2, 0.25) is 0 Å². The van der Waals surface area contributed by atoms with Gasteiger partial charge in [-0.2, -0.15) is 0 Å². The summed E-state index contributed by atoms with van der Waals surface area (Å²) in [5.74, 6) is -0.402. The highest BCUT2D eigenvalue weighted by Crippen LogP contribution is 2.06. The molecule has 0 N–H and O–H groups in total. The first-order valence-electron chi connectivity index (χ1n) is 6.48. The van der Waals surface area contributed by atoms with Gasteiger partial charge >= 0.3 is 0 Å². The van der Waals surface area contributed by atoms with Gasteiger partial charge in [-0.3, -0.25) is 9.69 Å². The van der Waals surface area contributed by atoms with Crippen molar-refractivity contribution in [2.45, 2.75) is 0 Å². The van der Waals surface area contributed by atoms with Gasteiger partial charge in [-0.1, -0.05) is 0 Å². The molecule has 1 heterocycles. The lowest BCUT2D eigenvalue weighted by molar-refractivity contribution is 0.0338. The van der Waals surface area contributed by atoms with Gasteiger partial charge in [0, 0.05) is 38.8 Å². The number of carbonyl (C=O) groups is 1. The van der Waals surface area contributed by atoms with E-state index in [9.17, 15) is 9.18 Å². The molecule has 1 fully saturated rings. The Labute approximate surface area is 112 Å². The van der Waals surface area contributed by atoms with Crippen molar-refractivity contribution in [2.75, 3.05) is 46.4 Å². The summed E-state index contributed by atoms with van der Waals surface area (Å²) >= 11 is 0. The van der Waals surface area contributed by atoms with Crippen LogP contribution in [0.25, 0.3) is 0 Å². The van der Waals surface area contributed by atoms with E-state index in [4.69, 9.17) is 4.74 Å². The van der Waals surface area contributed by atoms with E-state index in [0.29, 0.717) is 12.1 Å². The number of halogens is 1. The number of likely N-dealkylation sites (N-methyl/N-ethyl adjacent to an activating group) is 1. The number of rotatable bonds is 4. The van der Waals surface area contributed by atoms with E-state index in [2.05, 4.69) is 4.90 Å². The van der Waals surface area contributed by atoms with Crippen molar-refractivity contribution in [1.82, 2.24) is 9.80 Å². The van der Waals surface area contributed by atoms with Crippen molar-refractivity contribution in [3.63, 3.8) is 0 Å². The monoisotopic (exact) mass is 266 g/mol. The van der Waals surface area contributed by atoms with Crippen LogP contribution in [-0.2, 0) is 4.74 Å². The van der Waals surface area contributed by atoms with E-state index < -0.39 is 0 Å². The Hall–Kier alpha value is -1.46. The van der Waals surface area contributed by atoms with Crippen LogP contribution in [-0.4, -0.2) is 62.1 Å². The molecule has 0 aromatic heterocycles. The van der Waals surface area contributed by atoms with Crippen LogP contribution in [0.3, 0.4) is 0 Å². The van der Waals surface area contributed by atoms with Crippen LogP contribution in [0.1, 0.15) is 10.4 Å². The fourth-order valence-electron chi connectivity index (χ4n) is 2.03. The fourth-order valence-corrected chi connectivity index (χ4v) is 2.03. The van der Waals surface area contributed by atoms with E-state index in [1.54, 1.807) is 11.9 Å². The highest BCUT2D eigenvalue weighted by Gasteiger charge is 2.14. The third-order valence-electron chi connectivity index (χ3n) is 3.29. The number of amides is 1. The molecular formula is C14H19FN2O2. The van der Waals surface area contributed by atoms with Crippen LogP contribution in [0, 0.1) is 5.82 Å². The van der Waals surface area contributed by atoms with Crippen molar-refractivity contribution in [3.8, 4) is 0 Å². The van der Waals surface area contributed by atoms with Gasteiger partial charge in [0.05, 0.1) is 13.2 Å². The second kappa shape index (κ2) is 6.63. The van der Waals surface area contributed by atoms with Crippen LogP contribution in [0.4, 0.5) is 4.39 Å². The zero-order valence-electron chi connectivity index (χ0n) is 11.1. The zero-order chi connectivity index (χ0) is 13.7. The Kier molecular flexibility index (Phi) is 4.87. The minimum Gasteiger partial charge on any atom is -0.379 e. The maximum atomic E-state index is 12.8. The first kappa shape index (κ1) is 14.0. The largest absolute Gasteiger partial charge is 0.379 e. The number of nitrogens with zero attached hydrogens (tertiary/aromatic N) is 2. The minimum atomic E-state index is -0.326. The van der Waals surface area contributed by atoms with Gasteiger partial charge in [0.1, 0.15) is 5.82 Å². The van der Waals surface area contributed by atoms with Gasteiger partial charge in [-0.05, 0) is 24.3 Å². The molecule has 1 aliphatic rings. The molecule has 0 aliphatic carbocycles. The number of hydrogen-bond acceptors (Lipinski definition) is 3. The van der Waals surface area contributed by atoms with E-state index in [-0.39, 0.29) is 11.7 Å². The van der Waals surface area contributed by atoms with Crippen LogP contribution in [0.15, 0.2) is 24.3 Å². The molecule has 1 amide bonds. The van der Waals surface area contributed by atoms with Gasteiger partial charge in [0.25, 0.3) is 5.91 Å². The average molecular weight is 266 g/mol. The van der Waals surface area contributed by atoms with Crippen molar-refractivity contribution in [2.24, 2.45) is 0 Å². The molecule has 1 aliphatic heterocycles. The Morgan fingerprint density at radius 2 is 1.95 bits per heavy atom. The highest BCUT2D eigenvalue weighted by molar-refractivity contribution is 5.93. The van der Waals surface area contributed by atoms with Crippen molar-refractivity contribution >= 4 is 5.91 Å². The maximum absolute atomic E-state index is 12.8. The van der Waals surface area contributed by atoms with E-state index >= 15 is 0 Å². The molecule has 1 aromatic carbocycles. The molecular weight excluding hydrogens is 247 g/mol. The number of benzene rings is 1.